The van der Waals surface area contributed by atoms with E-state index in [-0.39, 0.29) is 22.8 Å². The second-order valence-electron chi connectivity index (χ2n) is 4.39. The SMILES string of the molecule is CC(C[N+](=O)[O-])CC(C)(C)C. The zero-order valence-corrected chi connectivity index (χ0v) is 7.76. The quantitative estimate of drug-likeness (QED) is 0.468. The minimum atomic E-state index is -0.240. The highest BCUT2D eigenvalue weighted by atomic mass is 16.6. The number of hydrogen-bond acceptors (Lipinski definition) is 2. The molecular formula is C8H17NO2. The van der Waals surface area contributed by atoms with Gasteiger partial charge >= 0.3 is 0 Å². The summed E-state index contributed by atoms with van der Waals surface area (Å²) in [7, 11) is 0. The molecule has 0 N–H and O–H groups in total. The molecule has 0 amide bonds. The van der Waals surface area contributed by atoms with Crippen molar-refractivity contribution in [3.05, 3.63) is 10.1 Å². The smallest absolute Gasteiger partial charge is 0.206 e. The average Bonchev–Trinajstić information content (AvgIpc) is 1.53. The molecule has 0 aliphatic heterocycles. The summed E-state index contributed by atoms with van der Waals surface area (Å²) in [5.41, 5.74) is 0.204. The van der Waals surface area contributed by atoms with E-state index in [0.717, 1.165) is 6.42 Å². The maximum absolute atomic E-state index is 10.1. The summed E-state index contributed by atoms with van der Waals surface area (Å²) in [4.78, 5) is 9.86. The summed E-state index contributed by atoms with van der Waals surface area (Å²) in [6, 6.07) is 0. The molecule has 3 nitrogen and oxygen atoms in total. The van der Waals surface area contributed by atoms with Gasteiger partial charge in [0.25, 0.3) is 0 Å². The molecule has 0 radical (unpaired) electrons. The summed E-state index contributed by atoms with van der Waals surface area (Å²) in [6.07, 6.45) is 0.911. The third-order valence-corrected chi connectivity index (χ3v) is 1.42. The van der Waals surface area contributed by atoms with Gasteiger partial charge in [0, 0.05) is 10.8 Å². The van der Waals surface area contributed by atoms with Gasteiger partial charge in [-0.2, -0.15) is 0 Å². The normalized spacial score (nSPS) is 14.5. The molecule has 0 aromatic carbocycles. The lowest BCUT2D eigenvalue weighted by Gasteiger charge is -2.20. The van der Waals surface area contributed by atoms with E-state index < -0.39 is 0 Å². The fourth-order valence-electron chi connectivity index (χ4n) is 1.36. The van der Waals surface area contributed by atoms with Crippen LogP contribution in [0.15, 0.2) is 0 Å². The van der Waals surface area contributed by atoms with Crippen molar-refractivity contribution in [1.82, 2.24) is 0 Å². The topological polar surface area (TPSA) is 43.1 Å². The van der Waals surface area contributed by atoms with Crippen LogP contribution in [-0.2, 0) is 0 Å². The van der Waals surface area contributed by atoms with Crippen LogP contribution in [0.4, 0.5) is 0 Å². The Morgan fingerprint density at radius 1 is 1.45 bits per heavy atom. The zero-order chi connectivity index (χ0) is 9.07. The third-order valence-electron chi connectivity index (χ3n) is 1.42. The molecular weight excluding hydrogens is 142 g/mol. The molecule has 0 saturated heterocycles. The maximum atomic E-state index is 10.1. The summed E-state index contributed by atoms with van der Waals surface area (Å²) in [5, 5.41) is 10.1. The summed E-state index contributed by atoms with van der Waals surface area (Å²) in [5.74, 6) is 0.185. The first-order valence-electron chi connectivity index (χ1n) is 3.93. The maximum Gasteiger partial charge on any atom is 0.206 e. The number of rotatable bonds is 3. The van der Waals surface area contributed by atoms with E-state index >= 15 is 0 Å². The molecule has 0 saturated carbocycles. The average molecular weight is 159 g/mol. The van der Waals surface area contributed by atoms with Gasteiger partial charge in [-0.15, -0.1) is 0 Å². The van der Waals surface area contributed by atoms with Gasteiger partial charge in [0.05, 0.1) is 0 Å². The molecule has 0 spiro atoms. The van der Waals surface area contributed by atoms with E-state index in [1.165, 1.54) is 0 Å². The molecule has 0 aliphatic carbocycles. The summed E-state index contributed by atoms with van der Waals surface area (Å²) >= 11 is 0. The van der Waals surface area contributed by atoms with Crippen molar-refractivity contribution in [2.45, 2.75) is 34.1 Å². The van der Waals surface area contributed by atoms with Crippen LogP contribution in [0.3, 0.4) is 0 Å². The highest BCUT2D eigenvalue weighted by molar-refractivity contribution is 4.65. The third kappa shape index (κ3) is 7.30. The Kier molecular flexibility index (Phi) is 3.49. The predicted molar refractivity (Wildman–Crippen MR) is 45.1 cm³/mol. The fourth-order valence-corrected chi connectivity index (χ4v) is 1.36. The molecule has 0 aromatic rings. The summed E-state index contributed by atoms with van der Waals surface area (Å²) in [6.45, 7) is 8.32. The second-order valence-corrected chi connectivity index (χ2v) is 4.39. The number of nitro groups is 1. The van der Waals surface area contributed by atoms with Gasteiger partial charge in [-0.3, -0.25) is 10.1 Å². The molecule has 3 heteroatoms. The lowest BCUT2D eigenvalue weighted by atomic mass is 9.85. The molecule has 0 bridgehead atoms. The lowest BCUT2D eigenvalue weighted by molar-refractivity contribution is -0.488. The molecule has 0 heterocycles. The molecule has 66 valence electrons. The van der Waals surface area contributed by atoms with Crippen molar-refractivity contribution in [3.8, 4) is 0 Å². The van der Waals surface area contributed by atoms with Gasteiger partial charge in [0.2, 0.25) is 6.54 Å². The van der Waals surface area contributed by atoms with Crippen LogP contribution in [0.5, 0.6) is 0 Å². The Morgan fingerprint density at radius 3 is 2.18 bits per heavy atom. The van der Waals surface area contributed by atoms with Gasteiger partial charge in [-0.25, -0.2) is 0 Å². The van der Waals surface area contributed by atoms with Crippen LogP contribution >= 0.6 is 0 Å². The van der Waals surface area contributed by atoms with Crippen LogP contribution < -0.4 is 0 Å². The molecule has 0 rings (SSSR count). The van der Waals surface area contributed by atoms with Gasteiger partial charge in [-0.1, -0.05) is 27.7 Å². The van der Waals surface area contributed by atoms with Crippen molar-refractivity contribution in [1.29, 1.82) is 0 Å². The monoisotopic (exact) mass is 159 g/mol. The minimum absolute atomic E-state index is 0.0945. The molecule has 1 unspecified atom stereocenters. The number of hydrogen-bond donors (Lipinski definition) is 0. The van der Waals surface area contributed by atoms with Gasteiger partial charge in [0.1, 0.15) is 0 Å². The molecule has 11 heavy (non-hydrogen) atoms. The first-order valence-corrected chi connectivity index (χ1v) is 3.93. The van der Waals surface area contributed by atoms with Crippen molar-refractivity contribution < 1.29 is 4.92 Å². The van der Waals surface area contributed by atoms with Crippen molar-refractivity contribution >= 4 is 0 Å². The fraction of sp³-hybridized carbons (Fsp3) is 1.00. The first-order chi connectivity index (χ1) is 4.81. The van der Waals surface area contributed by atoms with Crippen molar-refractivity contribution in [2.24, 2.45) is 11.3 Å². The molecule has 1 atom stereocenters. The van der Waals surface area contributed by atoms with E-state index in [0.29, 0.717) is 0 Å². The Labute approximate surface area is 67.9 Å². The van der Waals surface area contributed by atoms with E-state index in [2.05, 4.69) is 20.8 Å². The van der Waals surface area contributed by atoms with Crippen molar-refractivity contribution in [3.63, 3.8) is 0 Å². The van der Waals surface area contributed by atoms with E-state index in [4.69, 9.17) is 0 Å². The van der Waals surface area contributed by atoms with Crippen LogP contribution in [0, 0.1) is 21.4 Å². The summed E-state index contributed by atoms with van der Waals surface area (Å²) < 4.78 is 0. The van der Waals surface area contributed by atoms with Gasteiger partial charge in [-0.05, 0) is 11.8 Å². The predicted octanol–water partition coefficient (Wildman–Crippen LogP) is 2.34. The van der Waals surface area contributed by atoms with E-state index in [1.807, 2.05) is 6.92 Å². The van der Waals surface area contributed by atoms with Gasteiger partial charge in [0.15, 0.2) is 0 Å². The molecule has 0 fully saturated rings. The molecule has 0 aromatic heterocycles. The largest absolute Gasteiger partial charge is 0.265 e. The Balaban J connectivity index is 3.69. The Hall–Kier alpha value is -0.600. The van der Waals surface area contributed by atoms with E-state index in [9.17, 15) is 10.1 Å². The van der Waals surface area contributed by atoms with Crippen LogP contribution in [0.25, 0.3) is 0 Å². The number of nitrogens with zero attached hydrogens (tertiary/aromatic N) is 1. The van der Waals surface area contributed by atoms with E-state index in [1.54, 1.807) is 0 Å². The standard InChI is InChI=1S/C8H17NO2/c1-7(6-9(10)11)5-8(2,3)4/h7H,5-6H2,1-4H3. The first kappa shape index (κ1) is 10.4. The Morgan fingerprint density at radius 2 is 1.91 bits per heavy atom. The van der Waals surface area contributed by atoms with Crippen LogP contribution in [0.2, 0.25) is 0 Å². The Bertz CT molecular complexity index is 138. The van der Waals surface area contributed by atoms with Crippen LogP contribution in [0.1, 0.15) is 34.1 Å². The highest BCUT2D eigenvalue weighted by Gasteiger charge is 2.18. The highest BCUT2D eigenvalue weighted by Crippen LogP contribution is 2.23. The molecule has 0 aliphatic rings. The zero-order valence-electron chi connectivity index (χ0n) is 7.76. The van der Waals surface area contributed by atoms with Gasteiger partial charge < -0.3 is 0 Å². The second kappa shape index (κ2) is 3.69. The van der Waals surface area contributed by atoms with Crippen LogP contribution in [-0.4, -0.2) is 11.5 Å². The minimum Gasteiger partial charge on any atom is -0.265 e. The van der Waals surface area contributed by atoms with Crippen molar-refractivity contribution in [2.75, 3.05) is 6.54 Å². The lowest BCUT2D eigenvalue weighted by Crippen LogP contribution is -2.17.